The number of rotatable bonds is 2. The first kappa shape index (κ1) is 7.58. The SMILES string of the molecule is CCC(C)[C@H]1CCC(=O)N1. The number of hydrogen-bond acceptors (Lipinski definition) is 1. The lowest BCUT2D eigenvalue weighted by atomic mass is 9.98. The Balaban J connectivity index is 2.36. The number of amides is 1. The summed E-state index contributed by atoms with van der Waals surface area (Å²) >= 11 is 0. The number of hydrogen-bond donors (Lipinski definition) is 1. The molecule has 0 aromatic carbocycles. The first-order chi connectivity index (χ1) is 4.74. The molecule has 1 saturated heterocycles. The molecule has 0 spiro atoms. The van der Waals surface area contributed by atoms with Gasteiger partial charge in [-0.2, -0.15) is 0 Å². The molecule has 10 heavy (non-hydrogen) atoms. The van der Waals surface area contributed by atoms with E-state index in [1.807, 2.05) is 0 Å². The zero-order chi connectivity index (χ0) is 7.56. The fourth-order valence-electron chi connectivity index (χ4n) is 1.35. The lowest BCUT2D eigenvalue weighted by molar-refractivity contribution is -0.119. The van der Waals surface area contributed by atoms with E-state index in [0.717, 1.165) is 19.3 Å². The van der Waals surface area contributed by atoms with Crippen LogP contribution in [0.4, 0.5) is 0 Å². The molecule has 1 fully saturated rings. The average Bonchev–Trinajstić information content (AvgIpc) is 2.34. The van der Waals surface area contributed by atoms with E-state index in [1.165, 1.54) is 0 Å². The van der Waals surface area contributed by atoms with Crippen molar-refractivity contribution in [2.75, 3.05) is 0 Å². The predicted molar refractivity (Wildman–Crippen MR) is 40.6 cm³/mol. The Bertz CT molecular complexity index is 133. The molecule has 0 bridgehead atoms. The van der Waals surface area contributed by atoms with Crippen LogP contribution in [0.3, 0.4) is 0 Å². The highest BCUT2D eigenvalue weighted by Gasteiger charge is 2.24. The second-order valence-electron chi connectivity index (χ2n) is 3.10. The number of carbonyl (C=O) groups is 1. The van der Waals surface area contributed by atoms with Gasteiger partial charge in [-0.3, -0.25) is 4.79 Å². The third-order valence-electron chi connectivity index (χ3n) is 2.36. The van der Waals surface area contributed by atoms with E-state index in [2.05, 4.69) is 19.2 Å². The molecule has 2 heteroatoms. The minimum Gasteiger partial charge on any atom is -0.353 e. The Morgan fingerprint density at radius 2 is 2.50 bits per heavy atom. The Morgan fingerprint density at radius 3 is 2.90 bits per heavy atom. The Kier molecular flexibility index (Phi) is 2.30. The van der Waals surface area contributed by atoms with Crippen LogP contribution in [0.25, 0.3) is 0 Å². The van der Waals surface area contributed by atoms with Crippen LogP contribution < -0.4 is 5.32 Å². The van der Waals surface area contributed by atoms with Crippen molar-refractivity contribution in [2.45, 2.75) is 39.2 Å². The van der Waals surface area contributed by atoms with Gasteiger partial charge in [0.05, 0.1) is 0 Å². The molecule has 0 aromatic heterocycles. The summed E-state index contributed by atoms with van der Waals surface area (Å²) in [5, 5.41) is 2.97. The van der Waals surface area contributed by atoms with E-state index >= 15 is 0 Å². The van der Waals surface area contributed by atoms with Crippen molar-refractivity contribution in [1.29, 1.82) is 0 Å². The topological polar surface area (TPSA) is 29.1 Å². The van der Waals surface area contributed by atoms with Crippen LogP contribution in [0, 0.1) is 5.92 Å². The molecule has 1 N–H and O–H groups in total. The molecule has 1 aliphatic rings. The predicted octanol–water partition coefficient (Wildman–Crippen LogP) is 1.31. The van der Waals surface area contributed by atoms with Crippen LogP contribution in [0.15, 0.2) is 0 Å². The molecule has 1 heterocycles. The smallest absolute Gasteiger partial charge is 0.220 e. The maximum Gasteiger partial charge on any atom is 0.220 e. The molecule has 2 nitrogen and oxygen atoms in total. The minimum absolute atomic E-state index is 0.227. The first-order valence-electron chi connectivity index (χ1n) is 4.03. The van der Waals surface area contributed by atoms with Gasteiger partial charge in [0.25, 0.3) is 0 Å². The van der Waals surface area contributed by atoms with E-state index in [9.17, 15) is 4.79 Å². The molecule has 0 saturated carbocycles. The monoisotopic (exact) mass is 141 g/mol. The molecule has 1 rings (SSSR count). The summed E-state index contributed by atoms with van der Waals surface area (Å²) in [6.45, 7) is 4.35. The third kappa shape index (κ3) is 1.49. The first-order valence-corrected chi connectivity index (χ1v) is 4.03. The molecular formula is C8H15NO. The van der Waals surface area contributed by atoms with Gasteiger partial charge in [-0.25, -0.2) is 0 Å². The summed E-state index contributed by atoms with van der Waals surface area (Å²) in [5.41, 5.74) is 0. The maximum absolute atomic E-state index is 10.8. The average molecular weight is 141 g/mol. The molecule has 0 radical (unpaired) electrons. The van der Waals surface area contributed by atoms with Crippen LogP contribution in [0.2, 0.25) is 0 Å². The van der Waals surface area contributed by atoms with Gasteiger partial charge >= 0.3 is 0 Å². The lowest BCUT2D eigenvalue weighted by Gasteiger charge is -2.16. The van der Waals surface area contributed by atoms with Crippen molar-refractivity contribution in [3.8, 4) is 0 Å². The van der Waals surface area contributed by atoms with E-state index in [4.69, 9.17) is 0 Å². The molecular weight excluding hydrogens is 126 g/mol. The van der Waals surface area contributed by atoms with Crippen LogP contribution in [-0.2, 0) is 4.79 Å². The maximum atomic E-state index is 10.8. The van der Waals surface area contributed by atoms with Crippen molar-refractivity contribution in [3.05, 3.63) is 0 Å². The van der Waals surface area contributed by atoms with Crippen LogP contribution in [0.1, 0.15) is 33.1 Å². The molecule has 2 atom stereocenters. The van der Waals surface area contributed by atoms with Gasteiger partial charge in [-0.1, -0.05) is 20.3 Å². The van der Waals surface area contributed by atoms with Gasteiger partial charge in [0, 0.05) is 12.5 Å². The minimum atomic E-state index is 0.227. The van der Waals surface area contributed by atoms with Gasteiger partial charge < -0.3 is 5.32 Å². The summed E-state index contributed by atoms with van der Waals surface area (Å²) in [6.07, 6.45) is 2.92. The number of carbonyl (C=O) groups excluding carboxylic acids is 1. The van der Waals surface area contributed by atoms with E-state index in [1.54, 1.807) is 0 Å². The van der Waals surface area contributed by atoms with Crippen LogP contribution in [0.5, 0.6) is 0 Å². The molecule has 0 aliphatic carbocycles. The molecule has 1 aliphatic heterocycles. The highest BCUT2D eigenvalue weighted by Crippen LogP contribution is 2.17. The summed E-state index contributed by atoms with van der Waals surface area (Å²) < 4.78 is 0. The fourth-order valence-corrected chi connectivity index (χ4v) is 1.35. The quantitative estimate of drug-likeness (QED) is 0.617. The summed E-state index contributed by atoms with van der Waals surface area (Å²) in [6, 6.07) is 0.456. The largest absolute Gasteiger partial charge is 0.353 e. The fraction of sp³-hybridized carbons (Fsp3) is 0.875. The van der Waals surface area contributed by atoms with E-state index in [0.29, 0.717) is 12.0 Å². The summed E-state index contributed by atoms with van der Waals surface area (Å²) in [7, 11) is 0. The van der Waals surface area contributed by atoms with Gasteiger partial charge in [-0.05, 0) is 12.3 Å². The van der Waals surface area contributed by atoms with Crippen molar-refractivity contribution >= 4 is 5.91 Å². The highest BCUT2D eigenvalue weighted by molar-refractivity contribution is 5.78. The lowest BCUT2D eigenvalue weighted by Crippen LogP contribution is -2.30. The van der Waals surface area contributed by atoms with Gasteiger partial charge in [0.15, 0.2) is 0 Å². The van der Waals surface area contributed by atoms with Gasteiger partial charge in [0.2, 0.25) is 5.91 Å². The van der Waals surface area contributed by atoms with Crippen LogP contribution >= 0.6 is 0 Å². The Labute approximate surface area is 62.0 Å². The Hall–Kier alpha value is -0.530. The second kappa shape index (κ2) is 3.04. The summed E-state index contributed by atoms with van der Waals surface area (Å²) in [5.74, 6) is 0.872. The second-order valence-corrected chi connectivity index (χ2v) is 3.10. The van der Waals surface area contributed by atoms with E-state index < -0.39 is 0 Å². The molecule has 58 valence electrons. The van der Waals surface area contributed by atoms with Gasteiger partial charge in [-0.15, -0.1) is 0 Å². The molecule has 1 amide bonds. The number of nitrogens with one attached hydrogen (secondary N) is 1. The van der Waals surface area contributed by atoms with Crippen LogP contribution in [-0.4, -0.2) is 11.9 Å². The third-order valence-corrected chi connectivity index (χ3v) is 2.36. The van der Waals surface area contributed by atoms with Crippen molar-refractivity contribution in [1.82, 2.24) is 5.32 Å². The normalized spacial score (nSPS) is 28.2. The zero-order valence-corrected chi connectivity index (χ0v) is 6.68. The standard InChI is InChI=1S/C8H15NO/c1-3-6(2)7-4-5-8(10)9-7/h6-7H,3-5H2,1-2H3,(H,9,10)/t6?,7-/m1/s1. The van der Waals surface area contributed by atoms with E-state index in [-0.39, 0.29) is 5.91 Å². The molecule has 1 unspecified atom stereocenters. The zero-order valence-electron chi connectivity index (χ0n) is 6.68. The van der Waals surface area contributed by atoms with Gasteiger partial charge in [0.1, 0.15) is 0 Å². The summed E-state index contributed by atoms with van der Waals surface area (Å²) in [4.78, 5) is 10.8. The Morgan fingerprint density at radius 1 is 1.80 bits per heavy atom. The highest BCUT2D eigenvalue weighted by atomic mass is 16.1. The van der Waals surface area contributed by atoms with Crippen molar-refractivity contribution < 1.29 is 4.79 Å². The molecule has 0 aromatic rings. The van der Waals surface area contributed by atoms with Crippen molar-refractivity contribution in [2.24, 2.45) is 5.92 Å². The van der Waals surface area contributed by atoms with Crippen molar-refractivity contribution in [3.63, 3.8) is 0 Å².